The van der Waals surface area contributed by atoms with E-state index in [2.05, 4.69) is 0 Å². The molecule has 98 valence electrons. The maximum atomic E-state index is 12.6. The molecule has 0 unspecified atom stereocenters. The van der Waals surface area contributed by atoms with Crippen LogP contribution in [0.2, 0.25) is 0 Å². The van der Waals surface area contributed by atoms with Crippen LogP contribution in [-0.4, -0.2) is 7.11 Å². The molecule has 0 saturated carbocycles. The van der Waals surface area contributed by atoms with Crippen LogP contribution < -0.4 is 10.5 Å². The number of alkyl halides is 3. The van der Waals surface area contributed by atoms with Gasteiger partial charge in [-0.25, -0.2) is 0 Å². The number of methoxy groups -OCH3 is 1. The third-order valence-electron chi connectivity index (χ3n) is 2.36. The Bertz CT molecular complexity index is 368. The van der Waals surface area contributed by atoms with Crippen molar-refractivity contribution < 1.29 is 17.9 Å². The molecular weight excluding hydrogens is 255 g/mol. The highest BCUT2D eigenvalue weighted by molar-refractivity contribution is 5.85. The van der Waals surface area contributed by atoms with Gasteiger partial charge in [0.15, 0.2) is 0 Å². The summed E-state index contributed by atoms with van der Waals surface area (Å²) in [5, 5.41) is 0. The summed E-state index contributed by atoms with van der Waals surface area (Å²) in [6, 6.07) is 3.16. The molecule has 0 radical (unpaired) electrons. The SMILES string of the molecule is CC[C@H](N)c1cc(OC)cc(C(F)(F)F)c1.Cl. The number of hydrogen-bond acceptors (Lipinski definition) is 2. The first-order chi connectivity index (χ1) is 7.38. The lowest BCUT2D eigenvalue weighted by Gasteiger charge is -2.15. The van der Waals surface area contributed by atoms with E-state index in [9.17, 15) is 13.2 Å². The van der Waals surface area contributed by atoms with Crippen molar-refractivity contribution in [3.05, 3.63) is 29.3 Å². The van der Waals surface area contributed by atoms with Gasteiger partial charge >= 0.3 is 6.18 Å². The summed E-state index contributed by atoms with van der Waals surface area (Å²) in [6.45, 7) is 1.82. The van der Waals surface area contributed by atoms with Gasteiger partial charge in [-0.05, 0) is 30.2 Å². The van der Waals surface area contributed by atoms with Gasteiger partial charge in [-0.15, -0.1) is 12.4 Å². The average molecular weight is 270 g/mol. The van der Waals surface area contributed by atoms with E-state index in [1.54, 1.807) is 0 Å². The van der Waals surface area contributed by atoms with E-state index >= 15 is 0 Å². The Kier molecular flexibility index (Phi) is 5.78. The summed E-state index contributed by atoms with van der Waals surface area (Å²) >= 11 is 0. The summed E-state index contributed by atoms with van der Waals surface area (Å²) in [6.07, 6.45) is -3.80. The van der Waals surface area contributed by atoms with Gasteiger partial charge in [0.05, 0.1) is 12.7 Å². The van der Waals surface area contributed by atoms with Crippen LogP contribution in [0.1, 0.15) is 30.5 Å². The van der Waals surface area contributed by atoms with Crippen molar-refractivity contribution in [2.75, 3.05) is 7.11 Å². The lowest BCUT2D eigenvalue weighted by molar-refractivity contribution is -0.137. The maximum absolute atomic E-state index is 12.6. The monoisotopic (exact) mass is 269 g/mol. The minimum absolute atomic E-state index is 0. The van der Waals surface area contributed by atoms with Gasteiger partial charge in [-0.3, -0.25) is 0 Å². The van der Waals surface area contributed by atoms with Crippen molar-refractivity contribution in [1.82, 2.24) is 0 Å². The molecule has 1 aromatic rings. The molecule has 1 rings (SSSR count). The Balaban J connectivity index is 0.00000256. The van der Waals surface area contributed by atoms with Crippen LogP contribution in [0, 0.1) is 0 Å². The fourth-order valence-corrected chi connectivity index (χ4v) is 1.35. The molecule has 0 amide bonds. The predicted octanol–water partition coefficient (Wildman–Crippen LogP) is 3.55. The molecule has 1 atom stereocenters. The Morgan fingerprint density at radius 2 is 1.88 bits per heavy atom. The van der Waals surface area contributed by atoms with Gasteiger partial charge < -0.3 is 10.5 Å². The van der Waals surface area contributed by atoms with Crippen molar-refractivity contribution in [2.24, 2.45) is 5.73 Å². The van der Waals surface area contributed by atoms with E-state index < -0.39 is 17.8 Å². The summed E-state index contributed by atoms with van der Waals surface area (Å²) in [5.41, 5.74) is 5.42. The third-order valence-corrected chi connectivity index (χ3v) is 2.36. The molecule has 0 spiro atoms. The number of rotatable bonds is 3. The largest absolute Gasteiger partial charge is 0.497 e. The van der Waals surface area contributed by atoms with E-state index in [0.717, 1.165) is 12.1 Å². The van der Waals surface area contributed by atoms with Crippen molar-refractivity contribution in [1.29, 1.82) is 0 Å². The fraction of sp³-hybridized carbons (Fsp3) is 0.455. The Morgan fingerprint density at radius 1 is 1.29 bits per heavy atom. The van der Waals surface area contributed by atoms with Crippen molar-refractivity contribution in [3.63, 3.8) is 0 Å². The van der Waals surface area contributed by atoms with E-state index in [1.165, 1.54) is 13.2 Å². The molecule has 0 fully saturated rings. The zero-order valence-electron chi connectivity index (χ0n) is 9.54. The van der Waals surface area contributed by atoms with E-state index in [4.69, 9.17) is 10.5 Å². The van der Waals surface area contributed by atoms with Crippen LogP contribution in [0.3, 0.4) is 0 Å². The zero-order chi connectivity index (χ0) is 12.3. The Labute approximate surface area is 104 Å². The highest BCUT2D eigenvalue weighted by Gasteiger charge is 2.31. The van der Waals surface area contributed by atoms with E-state index in [0.29, 0.717) is 12.0 Å². The molecule has 1 aromatic carbocycles. The van der Waals surface area contributed by atoms with Gasteiger partial charge in [0.2, 0.25) is 0 Å². The molecule has 17 heavy (non-hydrogen) atoms. The first-order valence-corrected chi connectivity index (χ1v) is 4.90. The number of halogens is 4. The van der Waals surface area contributed by atoms with Gasteiger partial charge in [0, 0.05) is 6.04 Å². The van der Waals surface area contributed by atoms with Crippen LogP contribution in [0.25, 0.3) is 0 Å². The van der Waals surface area contributed by atoms with Crippen LogP contribution in [0.4, 0.5) is 13.2 Å². The molecule has 0 bridgehead atoms. The molecule has 0 aliphatic rings. The average Bonchev–Trinajstić information content (AvgIpc) is 2.26. The van der Waals surface area contributed by atoms with Crippen molar-refractivity contribution in [3.8, 4) is 5.75 Å². The van der Waals surface area contributed by atoms with Crippen LogP contribution in [0.15, 0.2) is 18.2 Å². The Morgan fingerprint density at radius 3 is 2.29 bits per heavy atom. The quantitative estimate of drug-likeness (QED) is 0.911. The van der Waals surface area contributed by atoms with Crippen LogP contribution in [0.5, 0.6) is 5.75 Å². The van der Waals surface area contributed by atoms with Crippen molar-refractivity contribution in [2.45, 2.75) is 25.6 Å². The number of benzene rings is 1. The molecule has 6 heteroatoms. The summed E-state index contributed by atoms with van der Waals surface area (Å²) < 4.78 is 42.5. The van der Waals surface area contributed by atoms with Gasteiger partial charge in [-0.2, -0.15) is 13.2 Å². The highest BCUT2D eigenvalue weighted by Crippen LogP contribution is 2.34. The van der Waals surface area contributed by atoms with E-state index in [-0.39, 0.29) is 18.2 Å². The smallest absolute Gasteiger partial charge is 0.416 e. The molecule has 2 N–H and O–H groups in total. The van der Waals surface area contributed by atoms with Gasteiger partial charge in [0.25, 0.3) is 0 Å². The summed E-state index contributed by atoms with van der Waals surface area (Å²) in [4.78, 5) is 0. The van der Waals surface area contributed by atoms with Crippen LogP contribution >= 0.6 is 12.4 Å². The maximum Gasteiger partial charge on any atom is 0.416 e. The van der Waals surface area contributed by atoms with E-state index in [1.807, 2.05) is 6.92 Å². The Hall–Kier alpha value is -0.940. The fourth-order valence-electron chi connectivity index (χ4n) is 1.35. The minimum atomic E-state index is -4.38. The third kappa shape index (κ3) is 4.09. The second kappa shape index (κ2) is 6.12. The van der Waals surface area contributed by atoms with Crippen molar-refractivity contribution >= 4 is 12.4 Å². The normalized spacial score (nSPS) is 12.8. The molecule has 0 aliphatic heterocycles. The topological polar surface area (TPSA) is 35.2 Å². The van der Waals surface area contributed by atoms with Gasteiger partial charge in [-0.1, -0.05) is 6.92 Å². The highest BCUT2D eigenvalue weighted by atomic mass is 35.5. The summed E-state index contributed by atoms with van der Waals surface area (Å²) in [5.74, 6) is 0.175. The molecule has 0 aromatic heterocycles. The lowest BCUT2D eigenvalue weighted by atomic mass is 10.0. The molecule has 0 heterocycles. The minimum Gasteiger partial charge on any atom is -0.497 e. The zero-order valence-corrected chi connectivity index (χ0v) is 10.4. The number of ether oxygens (including phenoxy) is 1. The first-order valence-electron chi connectivity index (χ1n) is 4.90. The number of hydrogen-bond donors (Lipinski definition) is 1. The molecule has 0 aliphatic carbocycles. The second-order valence-electron chi connectivity index (χ2n) is 3.51. The second-order valence-corrected chi connectivity index (χ2v) is 3.51. The lowest BCUT2D eigenvalue weighted by Crippen LogP contribution is -2.12. The van der Waals surface area contributed by atoms with Crippen LogP contribution in [-0.2, 0) is 6.18 Å². The molecular formula is C11H15ClF3NO. The molecule has 2 nitrogen and oxygen atoms in total. The summed E-state index contributed by atoms with van der Waals surface area (Å²) in [7, 11) is 1.33. The number of nitrogens with two attached hydrogens (primary N) is 1. The predicted molar refractivity (Wildman–Crippen MR) is 62.5 cm³/mol. The van der Waals surface area contributed by atoms with Gasteiger partial charge in [0.1, 0.15) is 5.75 Å². The molecule has 0 saturated heterocycles. The standard InChI is InChI=1S/C11H14F3NO.ClH/c1-3-10(15)7-4-8(11(12,13)14)6-9(5-7)16-2;/h4-6,10H,3,15H2,1-2H3;1H/t10-;/m0./s1. The first kappa shape index (κ1) is 16.1.